The first-order valence-corrected chi connectivity index (χ1v) is 31.8. The SMILES string of the molecule is CC[C@@H](C)C(=O)N[C@H](C(=O)N1C[C@@H](NC(C)=O)C[C@H]1CN(CCc1ccccc1)C(=O)c1ccc(-c2ccc(C(=O)N(CCc3ccccc3)C[C@@H]3C[C@H](NC(C)=O)CN3C(=O)[C@@H](CC(=O)C(C)C)C3CCCCC3)cc2)cc1)C1CCCCC1. The van der Waals surface area contributed by atoms with Gasteiger partial charge in [-0.2, -0.15) is 0 Å². The zero-order valence-corrected chi connectivity index (χ0v) is 51.3. The van der Waals surface area contributed by atoms with Crippen molar-refractivity contribution in [2.24, 2.45) is 29.6 Å². The van der Waals surface area contributed by atoms with Gasteiger partial charge < -0.3 is 35.6 Å². The summed E-state index contributed by atoms with van der Waals surface area (Å²) >= 11 is 0. The maximum absolute atomic E-state index is 15.0. The molecular weight excluding hydrogens is 1070 g/mol. The predicted molar refractivity (Wildman–Crippen MR) is 332 cm³/mol. The summed E-state index contributed by atoms with van der Waals surface area (Å²) in [7, 11) is 0. The number of amides is 7. The summed E-state index contributed by atoms with van der Waals surface area (Å²) in [5.74, 6) is -1.82. The minimum absolute atomic E-state index is 0.00319. The molecule has 0 unspecified atom stereocenters. The van der Waals surface area contributed by atoms with Crippen molar-refractivity contribution in [3.63, 3.8) is 0 Å². The number of hydrogen-bond acceptors (Lipinski definition) is 8. The van der Waals surface area contributed by atoms with Gasteiger partial charge in [0.2, 0.25) is 29.5 Å². The van der Waals surface area contributed by atoms with Gasteiger partial charge in [0.05, 0.1) is 12.1 Å². The van der Waals surface area contributed by atoms with Crippen molar-refractivity contribution < 1.29 is 38.4 Å². The third kappa shape index (κ3) is 17.5. The molecular formula is C70H93N7O8. The van der Waals surface area contributed by atoms with Crippen LogP contribution in [-0.2, 0) is 41.6 Å². The van der Waals surface area contributed by atoms with Crippen LogP contribution in [0.5, 0.6) is 0 Å². The Labute approximate surface area is 504 Å². The minimum Gasteiger partial charge on any atom is -0.352 e. The summed E-state index contributed by atoms with van der Waals surface area (Å²) in [6.07, 6.45) is 12.7. The van der Waals surface area contributed by atoms with Gasteiger partial charge in [0.1, 0.15) is 11.8 Å². The van der Waals surface area contributed by atoms with E-state index in [1.165, 1.54) is 13.8 Å². The Kier molecular flexibility index (Phi) is 23.1. The van der Waals surface area contributed by atoms with Crippen molar-refractivity contribution in [3.8, 4) is 11.1 Å². The van der Waals surface area contributed by atoms with E-state index < -0.39 is 18.0 Å². The van der Waals surface area contributed by atoms with E-state index in [9.17, 15) is 38.4 Å². The first-order chi connectivity index (χ1) is 41.0. The fraction of sp³-hybridized carbons (Fsp3) is 0.543. The number of hydrogen-bond donors (Lipinski definition) is 3. The number of likely N-dealkylation sites (tertiary alicyclic amines) is 2. The normalized spacial score (nSPS) is 20.3. The van der Waals surface area contributed by atoms with Gasteiger partial charge in [-0.05, 0) is 116 Å². The molecule has 7 atom stereocenters. The van der Waals surface area contributed by atoms with Gasteiger partial charge in [-0.1, -0.05) is 151 Å². The van der Waals surface area contributed by atoms with Crippen LogP contribution in [0.4, 0.5) is 0 Å². The highest BCUT2D eigenvalue weighted by molar-refractivity contribution is 5.96. The zero-order chi connectivity index (χ0) is 60.6. The molecule has 4 aliphatic rings. The van der Waals surface area contributed by atoms with Gasteiger partial charge in [-0.25, -0.2) is 0 Å². The lowest BCUT2D eigenvalue weighted by Gasteiger charge is -2.37. The van der Waals surface area contributed by atoms with Gasteiger partial charge in [-0.3, -0.25) is 38.4 Å². The molecule has 0 spiro atoms. The van der Waals surface area contributed by atoms with E-state index in [0.717, 1.165) is 86.5 Å². The van der Waals surface area contributed by atoms with E-state index in [1.54, 1.807) is 0 Å². The van der Waals surface area contributed by atoms with Gasteiger partial charge in [0.15, 0.2) is 0 Å². The minimum atomic E-state index is -0.699. The summed E-state index contributed by atoms with van der Waals surface area (Å²) in [6.45, 7) is 12.4. The average Bonchev–Trinajstić information content (AvgIpc) is 2.85. The number of Topliss-reactive ketones (excluding diaryl/α,β-unsaturated/α-hetero) is 1. The van der Waals surface area contributed by atoms with E-state index in [0.29, 0.717) is 62.9 Å². The number of nitrogens with one attached hydrogen (secondary N) is 3. The number of benzene rings is 4. The Balaban J connectivity index is 1.02. The van der Waals surface area contributed by atoms with E-state index in [-0.39, 0.29) is 115 Å². The van der Waals surface area contributed by atoms with Crippen molar-refractivity contribution in [1.29, 1.82) is 0 Å². The molecule has 4 fully saturated rings. The second-order valence-electron chi connectivity index (χ2n) is 25.2. The maximum Gasteiger partial charge on any atom is 0.253 e. The first kappa shape index (κ1) is 63.9. The van der Waals surface area contributed by atoms with Crippen LogP contribution in [0, 0.1) is 29.6 Å². The summed E-state index contributed by atoms with van der Waals surface area (Å²) < 4.78 is 0. The molecule has 15 heteroatoms. The average molecular weight is 1160 g/mol. The van der Waals surface area contributed by atoms with Crippen molar-refractivity contribution in [2.45, 2.75) is 174 Å². The Hall–Kier alpha value is -7.16. The molecule has 8 rings (SSSR count). The quantitative estimate of drug-likeness (QED) is 0.0585. The Morgan fingerprint density at radius 2 is 0.965 bits per heavy atom. The van der Waals surface area contributed by atoms with Gasteiger partial charge in [-0.15, -0.1) is 0 Å². The fourth-order valence-corrected chi connectivity index (χ4v) is 13.5. The third-order valence-corrected chi connectivity index (χ3v) is 18.6. The largest absolute Gasteiger partial charge is 0.352 e. The monoisotopic (exact) mass is 1160 g/mol. The van der Waals surface area contributed by atoms with Crippen LogP contribution in [0.25, 0.3) is 11.1 Å². The summed E-state index contributed by atoms with van der Waals surface area (Å²) in [6, 6.07) is 32.8. The Morgan fingerprint density at radius 1 is 0.541 bits per heavy atom. The molecule has 85 heavy (non-hydrogen) atoms. The highest BCUT2D eigenvalue weighted by atomic mass is 16.2. The van der Waals surface area contributed by atoms with Gasteiger partial charge in [0.25, 0.3) is 11.8 Å². The van der Waals surface area contributed by atoms with E-state index in [1.807, 2.05) is 156 Å². The summed E-state index contributed by atoms with van der Waals surface area (Å²) in [5, 5.41) is 9.29. The number of carbonyl (C=O) groups is 8. The summed E-state index contributed by atoms with van der Waals surface area (Å²) in [5.41, 5.74) is 4.80. The highest BCUT2D eigenvalue weighted by Gasteiger charge is 2.45. The van der Waals surface area contributed by atoms with Crippen molar-refractivity contribution in [3.05, 3.63) is 131 Å². The molecule has 2 saturated heterocycles. The number of ketones is 1. The number of carbonyl (C=O) groups excluding carboxylic acids is 8. The van der Waals surface area contributed by atoms with E-state index >= 15 is 0 Å². The lowest BCUT2D eigenvalue weighted by atomic mass is 9.76. The molecule has 7 amide bonds. The molecule has 4 aromatic rings. The molecule has 2 aliphatic carbocycles. The first-order valence-electron chi connectivity index (χ1n) is 31.8. The lowest BCUT2D eigenvalue weighted by Crippen LogP contribution is -2.56. The smallest absolute Gasteiger partial charge is 0.253 e. The maximum atomic E-state index is 15.0. The van der Waals surface area contributed by atoms with Crippen LogP contribution >= 0.6 is 0 Å². The topological polar surface area (TPSA) is 186 Å². The van der Waals surface area contributed by atoms with Crippen molar-refractivity contribution >= 4 is 47.1 Å². The van der Waals surface area contributed by atoms with Crippen LogP contribution < -0.4 is 16.0 Å². The van der Waals surface area contributed by atoms with Crippen LogP contribution in [0.2, 0.25) is 0 Å². The molecule has 2 saturated carbocycles. The molecule has 4 aromatic carbocycles. The second-order valence-corrected chi connectivity index (χ2v) is 25.2. The second kappa shape index (κ2) is 30.8. The molecule has 15 nitrogen and oxygen atoms in total. The highest BCUT2D eigenvalue weighted by Crippen LogP contribution is 2.36. The molecule has 456 valence electrons. The molecule has 0 radical (unpaired) electrons. The number of rotatable bonds is 25. The molecule has 0 bridgehead atoms. The molecule has 3 N–H and O–H groups in total. The van der Waals surface area contributed by atoms with E-state index in [4.69, 9.17) is 0 Å². The fourth-order valence-electron chi connectivity index (χ4n) is 13.5. The lowest BCUT2D eigenvalue weighted by molar-refractivity contribution is -0.142. The Bertz CT molecular complexity index is 2890. The van der Waals surface area contributed by atoms with Crippen LogP contribution in [0.3, 0.4) is 0 Å². The van der Waals surface area contributed by atoms with Crippen molar-refractivity contribution in [1.82, 2.24) is 35.6 Å². The van der Waals surface area contributed by atoms with Crippen LogP contribution in [0.15, 0.2) is 109 Å². The standard InChI is InChI=1S/C70H93N7O8/c1-7-48(4)66(81)73-65(56-26-18-11-19-27-56)70(85)77-44-60(72-50(6)79)41-62(77)46-75(39-37-52-22-14-9-15-23-52)68(83)58-34-30-54(31-35-58)53-28-32-57(33-29-53)67(82)74(38-36-51-20-12-8-13-21-51)45-61-40-59(71-49(5)78)43-76(61)69(84)63(42-64(80)47(2)3)55-24-16-10-17-25-55/h8-9,12-15,20-23,28-35,47-48,55-56,59-63,65H,7,10-11,16-19,24-27,36-46H2,1-6H3,(H,71,78)(H,72,79)(H,73,81)/t48-,59+,60+,61+,62+,63+,65+/m1/s1. The Morgan fingerprint density at radius 3 is 1.38 bits per heavy atom. The molecule has 2 heterocycles. The third-order valence-electron chi connectivity index (χ3n) is 18.6. The van der Waals surface area contributed by atoms with Gasteiger partial charge >= 0.3 is 0 Å². The zero-order valence-electron chi connectivity index (χ0n) is 51.3. The number of nitrogens with zero attached hydrogens (tertiary/aromatic N) is 4. The van der Waals surface area contributed by atoms with Crippen molar-refractivity contribution in [2.75, 3.05) is 39.3 Å². The van der Waals surface area contributed by atoms with Gasteiger partial charge in [0, 0.05) is 101 Å². The molecule has 2 aliphatic heterocycles. The summed E-state index contributed by atoms with van der Waals surface area (Å²) in [4.78, 5) is 119. The van der Waals surface area contributed by atoms with E-state index in [2.05, 4.69) is 16.0 Å². The van der Waals surface area contributed by atoms with Crippen LogP contribution in [0.1, 0.15) is 163 Å². The molecule has 0 aromatic heterocycles. The van der Waals surface area contributed by atoms with Crippen LogP contribution in [-0.4, -0.2) is 136 Å². The predicted octanol–water partition coefficient (Wildman–Crippen LogP) is 9.86.